The van der Waals surface area contributed by atoms with Gasteiger partial charge in [0.05, 0.1) is 27.4 Å². The highest BCUT2D eigenvalue weighted by atomic mass is 35.5. The van der Waals surface area contributed by atoms with E-state index in [2.05, 4.69) is 0 Å². The van der Waals surface area contributed by atoms with E-state index in [1.165, 1.54) is 42.5 Å². The Balaban J connectivity index is 1.39. The predicted octanol–water partition coefficient (Wildman–Crippen LogP) is 5.96. The maximum Gasteiger partial charge on any atom is 0.343 e. The number of hydrogen-bond donors (Lipinski definition) is 0. The number of hydrogen-bond acceptors (Lipinski definition) is 6. The third-order valence-electron chi connectivity index (χ3n) is 7.46. The third kappa shape index (κ3) is 5.73. The van der Waals surface area contributed by atoms with Gasteiger partial charge < -0.3 is 4.74 Å². The molecule has 3 aromatic rings. The lowest BCUT2D eigenvalue weighted by molar-refractivity contribution is -0.154. The number of ketones is 1. The van der Waals surface area contributed by atoms with E-state index in [1.807, 2.05) is 26.0 Å². The highest BCUT2D eigenvalue weighted by Gasteiger charge is 2.53. The Morgan fingerprint density at radius 3 is 2.17 bits per heavy atom. The minimum Gasteiger partial charge on any atom is -0.423 e. The second-order valence-corrected chi connectivity index (χ2v) is 11.2. The molecule has 0 aromatic heterocycles. The molecule has 0 saturated carbocycles. The number of carbonyl (C=O) groups is 5. The fraction of sp³-hybridized carbons (Fsp3) is 0.219. The van der Waals surface area contributed by atoms with E-state index in [0.717, 1.165) is 15.6 Å². The summed E-state index contributed by atoms with van der Waals surface area (Å²) < 4.78 is 5.41. The van der Waals surface area contributed by atoms with Gasteiger partial charge in [-0.05, 0) is 73.9 Å². The Kier molecular flexibility index (Phi) is 8.29. The lowest BCUT2D eigenvalue weighted by Gasteiger charge is -2.30. The number of ether oxygens (including phenoxy) is 1. The summed E-state index contributed by atoms with van der Waals surface area (Å²) >= 11 is 12.2. The van der Waals surface area contributed by atoms with Gasteiger partial charge in [-0.3, -0.25) is 19.2 Å². The first-order chi connectivity index (χ1) is 20.0. The Labute approximate surface area is 252 Å². The molecular formula is C32H26Cl2N2O6. The van der Waals surface area contributed by atoms with Crippen LogP contribution in [0.25, 0.3) is 0 Å². The summed E-state index contributed by atoms with van der Waals surface area (Å²) in [6.45, 7) is 3.15. The molecule has 0 N–H and O–H groups in total. The lowest BCUT2D eigenvalue weighted by Crippen LogP contribution is -2.52. The number of carbonyl (C=O) groups excluding carboxylic acids is 5. The van der Waals surface area contributed by atoms with E-state index < -0.39 is 47.9 Å². The number of rotatable bonds is 7. The maximum atomic E-state index is 13.7. The second kappa shape index (κ2) is 11.9. The van der Waals surface area contributed by atoms with E-state index in [1.54, 1.807) is 24.3 Å². The first-order valence-corrected chi connectivity index (χ1v) is 14.0. The molecule has 1 aliphatic heterocycles. The highest BCUT2D eigenvalue weighted by molar-refractivity contribution is 6.42. The molecule has 3 amide bonds. The van der Waals surface area contributed by atoms with Crippen molar-refractivity contribution in [3.63, 3.8) is 0 Å². The molecule has 3 atom stereocenters. The minimum atomic E-state index is -0.758. The minimum absolute atomic E-state index is 0.0530. The molecule has 2 aliphatic rings. The summed E-state index contributed by atoms with van der Waals surface area (Å²) in [5.41, 5.74) is 1.62. The van der Waals surface area contributed by atoms with Crippen LogP contribution < -0.4 is 4.74 Å². The number of esters is 1. The number of allylic oxidation sites excluding steroid dienone is 2. The molecule has 0 radical (unpaired) electrons. The number of benzene rings is 3. The Morgan fingerprint density at radius 1 is 0.881 bits per heavy atom. The molecule has 5 rings (SSSR count). The van der Waals surface area contributed by atoms with Crippen LogP contribution in [0.15, 0.2) is 78.9 Å². The number of nitrogens with zero attached hydrogens (tertiary/aromatic N) is 2. The van der Waals surface area contributed by atoms with Gasteiger partial charge in [0.25, 0.3) is 17.7 Å². The van der Waals surface area contributed by atoms with Gasteiger partial charge in [0.1, 0.15) is 12.3 Å². The van der Waals surface area contributed by atoms with Gasteiger partial charge in [0.15, 0.2) is 5.78 Å². The Morgan fingerprint density at radius 2 is 1.52 bits per heavy atom. The number of hydrazine groups is 1. The van der Waals surface area contributed by atoms with E-state index in [9.17, 15) is 24.0 Å². The first-order valence-electron chi connectivity index (χ1n) is 13.3. The van der Waals surface area contributed by atoms with Crippen LogP contribution >= 0.6 is 23.2 Å². The van der Waals surface area contributed by atoms with Crippen LogP contribution in [0.5, 0.6) is 5.75 Å². The molecular weight excluding hydrogens is 579 g/mol. The van der Waals surface area contributed by atoms with Crippen LogP contribution in [0.2, 0.25) is 10.0 Å². The first kappa shape index (κ1) is 29.2. The zero-order chi connectivity index (χ0) is 30.1. The molecule has 8 nitrogen and oxygen atoms in total. The van der Waals surface area contributed by atoms with Gasteiger partial charge in [0, 0.05) is 11.1 Å². The number of imide groups is 1. The quantitative estimate of drug-likeness (QED) is 0.108. The molecule has 3 aromatic carbocycles. The standard InChI is InChI=1S/C32H26Cl2N2O6/c1-18-6-8-21(9-7-18)32(41)42-23-13-10-20(11-14-23)27(37)17-35(29(38)22-12-15-25(33)26(34)16-22)36-30(39)24-5-3-4-19(2)28(24)31(36)40/h3-4,6-16,19,24,28H,5,17H2,1-2H3/t19-,24-,28-/m1/s1. The number of halogens is 2. The zero-order valence-corrected chi connectivity index (χ0v) is 24.3. The second-order valence-electron chi connectivity index (χ2n) is 10.3. The molecule has 1 saturated heterocycles. The molecule has 0 bridgehead atoms. The SMILES string of the molecule is Cc1ccc(C(=O)Oc2ccc(C(=O)CN(C(=O)c3ccc(Cl)c(Cl)c3)N3C(=O)[C@@H]4[C@H](C)C=CC[C@H]4C3=O)cc2)cc1. The van der Waals surface area contributed by atoms with Gasteiger partial charge in [-0.2, -0.15) is 5.01 Å². The van der Waals surface area contributed by atoms with Gasteiger partial charge in [-0.1, -0.05) is 60.0 Å². The summed E-state index contributed by atoms with van der Waals surface area (Å²) in [7, 11) is 0. The number of amides is 3. The summed E-state index contributed by atoms with van der Waals surface area (Å²) in [6.07, 6.45) is 4.09. The van der Waals surface area contributed by atoms with Crippen molar-refractivity contribution in [3.8, 4) is 5.75 Å². The van der Waals surface area contributed by atoms with Crippen LogP contribution in [-0.2, 0) is 9.59 Å². The van der Waals surface area contributed by atoms with Gasteiger partial charge in [-0.25, -0.2) is 9.80 Å². The smallest absolute Gasteiger partial charge is 0.343 e. The fourth-order valence-corrected chi connectivity index (χ4v) is 5.47. The summed E-state index contributed by atoms with van der Waals surface area (Å²) in [6, 6.07) is 16.9. The maximum absolute atomic E-state index is 13.7. The van der Waals surface area contributed by atoms with Crippen molar-refractivity contribution in [2.24, 2.45) is 17.8 Å². The van der Waals surface area contributed by atoms with Crippen LogP contribution in [0.3, 0.4) is 0 Å². The lowest BCUT2D eigenvalue weighted by atomic mass is 9.78. The van der Waals surface area contributed by atoms with Crippen molar-refractivity contribution in [2.45, 2.75) is 20.3 Å². The van der Waals surface area contributed by atoms with Crippen LogP contribution in [0.1, 0.15) is 50.0 Å². The van der Waals surface area contributed by atoms with Crippen LogP contribution in [0.4, 0.5) is 0 Å². The average Bonchev–Trinajstić information content (AvgIpc) is 3.23. The zero-order valence-electron chi connectivity index (χ0n) is 22.8. The summed E-state index contributed by atoms with van der Waals surface area (Å²) in [5, 5.41) is 2.01. The van der Waals surface area contributed by atoms with Crippen molar-refractivity contribution < 1.29 is 28.7 Å². The van der Waals surface area contributed by atoms with E-state index in [4.69, 9.17) is 27.9 Å². The monoisotopic (exact) mass is 604 g/mol. The molecule has 1 heterocycles. The molecule has 1 fully saturated rings. The fourth-order valence-electron chi connectivity index (χ4n) is 5.17. The summed E-state index contributed by atoms with van der Waals surface area (Å²) in [4.78, 5) is 66.6. The molecule has 42 heavy (non-hydrogen) atoms. The van der Waals surface area contributed by atoms with Crippen molar-refractivity contribution in [2.75, 3.05) is 6.54 Å². The van der Waals surface area contributed by atoms with Crippen molar-refractivity contribution >= 4 is 52.7 Å². The van der Waals surface area contributed by atoms with Gasteiger partial charge in [0.2, 0.25) is 0 Å². The van der Waals surface area contributed by atoms with Crippen molar-refractivity contribution in [3.05, 3.63) is 111 Å². The molecule has 0 unspecified atom stereocenters. The third-order valence-corrected chi connectivity index (χ3v) is 8.20. The number of aryl methyl sites for hydroxylation is 1. The van der Waals surface area contributed by atoms with Crippen molar-refractivity contribution in [1.29, 1.82) is 0 Å². The van der Waals surface area contributed by atoms with Gasteiger partial charge >= 0.3 is 5.97 Å². The molecule has 214 valence electrons. The molecule has 1 aliphatic carbocycles. The molecule has 10 heteroatoms. The largest absolute Gasteiger partial charge is 0.423 e. The molecule has 0 spiro atoms. The predicted molar refractivity (Wildman–Crippen MR) is 156 cm³/mol. The van der Waals surface area contributed by atoms with E-state index in [0.29, 0.717) is 12.0 Å². The Bertz CT molecular complexity index is 1620. The van der Waals surface area contributed by atoms with E-state index >= 15 is 0 Å². The highest BCUT2D eigenvalue weighted by Crippen LogP contribution is 2.39. The number of fused-ring (bicyclic) bond motifs is 1. The van der Waals surface area contributed by atoms with Gasteiger partial charge in [-0.15, -0.1) is 0 Å². The normalized spacial score (nSPS) is 19.4. The summed E-state index contributed by atoms with van der Waals surface area (Å²) in [5.74, 6) is -4.18. The van der Waals surface area contributed by atoms with Crippen LogP contribution in [-0.4, -0.2) is 46.0 Å². The topological polar surface area (TPSA) is 101 Å². The average molecular weight is 605 g/mol. The van der Waals surface area contributed by atoms with Crippen molar-refractivity contribution in [1.82, 2.24) is 10.0 Å². The van der Waals surface area contributed by atoms with Crippen LogP contribution in [0, 0.1) is 24.7 Å². The van der Waals surface area contributed by atoms with E-state index in [-0.39, 0.29) is 32.8 Å². The number of Topliss-reactive ketones (excluding diaryl/α,β-unsaturated/α-hetero) is 1. The Hall–Kier alpha value is -4.27.